The summed E-state index contributed by atoms with van der Waals surface area (Å²) in [6.45, 7) is 8.14. The Bertz CT molecular complexity index is 1020. The first kappa shape index (κ1) is 24.0. The van der Waals surface area contributed by atoms with Gasteiger partial charge in [-0.25, -0.2) is 0 Å². The van der Waals surface area contributed by atoms with Crippen molar-refractivity contribution in [2.24, 2.45) is 0 Å². The maximum absolute atomic E-state index is 13.0. The molecule has 0 aliphatic rings. The van der Waals surface area contributed by atoms with E-state index in [9.17, 15) is 13.2 Å². The molecule has 0 unspecified atom stereocenters. The summed E-state index contributed by atoms with van der Waals surface area (Å²) >= 11 is 0. The molecule has 7 heteroatoms. The van der Waals surface area contributed by atoms with Crippen molar-refractivity contribution in [3.05, 3.63) is 64.8 Å². The molecule has 0 saturated carbocycles. The molecule has 3 nitrogen and oxygen atoms in total. The zero-order chi connectivity index (χ0) is 21.2. The minimum atomic E-state index is -4.40. The third kappa shape index (κ3) is 5.43. The smallest absolute Gasteiger partial charge is 0.416 e. The number of ether oxygens (including phenoxy) is 1. The van der Waals surface area contributed by atoms with Crippen LogP contribution in [-0.4, -0.2) is 30.0 Å². The zero-order valence-electron chi connectivity index (χ0n) is 17.5. The largest absolute Gasteiger partial charge is 0.456 e. The molecule has 0 radical (unpaired) electrons. The van der Waals surface area contributed by atoms with Crippen LogP contribution in [0.4, 0.5) is 13.2 Å². The van der Waals surface area contributed by atoms with E-state index in [0.717, 1.165) is 42.8 Å². The van der Waals surface area contributed by atoms with Crippen LogP contribution < -0.4 is 4.74 Å². The molecule has 0 fully saturated rings. The lowest BCUT2D eigenvalue weighted by atomic mass is 10.0. The second-order valence-corrected chi connectivity index (χ2v) is 7.33. The summed E-state index contributed by atoms with van der Waals surface area (Å²) < 4.78 is 45.0. The van der Waals surface area contributed by atoms with Crippen molar-refractivity contribution in [2.45, 2.75) is 33.4 Å². The second kappa shape index (κ2) is 9.67. The summed E-state index contributed by atoms with van der Waals surface area (Å²) in [5, 5.41) is 0.547. The van der Waals surface area contributed by atoms with Crippen LogP contribution in [-0.2, 0) is 12.6 Å². The molecule has 0 bridgehead atoms. The number of pyridine rings is 1. The van der Waals surface area contributed by atoms with Crippen LogP contribution in [0.15, 0.2) is 42.6 Å². The molecule has 1 heterocycles. The van der Waals surface area contributed by atoms with E-state index in [2.05, 4.69) is 29.9 Å². The lowest BCUT2D eigenvalue weighted by Crippen LogP contribution is -2.20. The number of fused-ring (bicyclic) bond motifs is 1. The highest BCUT2D eigenvalue weighted by atomic mass is 35.5. The summed E-state index contributed by atoms with van der Waals surface area (Å²) in [6, 6.07) is 9.31. The molecule has 0 spiro atoms. The number of likely N-dealkylation sites (N-methyl/N-ethyl adjacent to an activating group) is 1. The Morgan fingerprint density at radius 3 is 2.40 bits per heavy atom. The molecule has 2 aromatic carbocycles. The van der Waals surface area contributed by atoms with Gasteiger partial charge in [0.25, 0.3) is 0 Å². The molecule has 0 aliphatic carbocycles. The van der Waals surface area contributed by atoms with Crippen LogP contribution in [0.2, 0.25) is 0 Å². The molecule has 3 rings (SSSR count). The zero-order valence-corrected chi connectivity index (χ0v) is 18.3. The normalized spacial score (nSPS) is 11.6. The van der Waals surface area contributed by atoms with Crippen molar-refractivity contribution in [1.82, 2.24) is 9.88 Å². The van der Waals surface area contributed by atoms with E-state index >= 15 is 0 Å². The number of halogens is 4. The van der Waals surface area contributed by atoms with E-state index in [1.807, 2.05) is 19.9 Å². The second-order valence-electron chi connectivity index (χ2n) is 7.33. The maximum atomic E-state index is 13.0. The van der Waals surface area contributed by atoms with Crippen LogP contribution >= 0.6 is 12.4 Å². The van der Waals surface area contributed by atoms with E-state index in [1.165, 1.54) is 17.8 Å². The highest BCUT2D eigenvalue weighted by molar-refractivity contribution is 5.86. The highest BCUT2D eigenvalue weighted by Gasteiger charge is 2.30. The SMILES string of the molecule is CCN(C)CCc1cc(C)c(Oc2ccnc3cc(C(F)(F)F)ccc23)cc1C.Cl. The predicted molar refractivity (Wildman–Crippen MR) is 117 cm³/mol. The summed E-state index contributed by atoms with van der Waals surface area (Å²) in [5.74, 6) is 1.19. The number of rotatable bonds is 6. The fraction of sp³-hybridized carbons (Fsp3) is 0.348. The van der Waals surface area contributed by atoms with E-state index in [-0.39, 0.29) is 17.9 Å². The van der Waals surface area contributed by atoms with Crippen molar-refractivity contribution in [2.75, 3.05) is 20.1 Å². The number of hydrogen-bond acceptors (Lipinski definition) is 3. The Hall–Kier alpha value is -2.31. The van der Waals surface area contributed by atoms with Gasteiger partial charge in [0.15, 0.2) is 0 Å². The lowest BCUT2D eigenvalue weighted by Gasteiger charge is -2.17. The van der Waals surface area contributed by atoms with Gasteiger partial charge in [-0.1, -0.05) is 13.0 Å². The van der Waals surface area contributed by atoms with Gasteiger partial charge in [-0.15, -0.1) is 12.4 Å². The van der Waals surface area contributed by atoms with Gasteiger partial charge in [0.05, 0.1) is 11.1 Å². The van der Waals surface area contributed by atoms with Gasteiger partial charge in [-0.3, -0.25) is 4.98 Å². The van der Waals surface area contributed by atoms with Crippen LogP contribution in [0, 0.1) is 13.8 Å². The average molecular weight is 439 g/mol. The average Bonchev–Trinajstić information content (AvgIpc) is 2.68. The van der Waals surface area contributed by atoms with Crippen molar-refractivity contribution >= 4 is 23.3 Å². The van der Waals surface area contributed by atoms with Crippen molar-refractivity contribution in [3.63, 3.8) is 0 Å². The van der Waals surface area contributed by atoms with Gasteiger partial charge in [0.1, 0.15) is 11.5 Å². The minimum Gasteiger partial charge on any atom is -0.456 e. The third-order valence-corrected chi connectivity index (χ3v) is 5.19. The van der Waals surface area contributed by atoms with Gasteiger partial charge in [-0.2, -0.15) is 13.2 Å². The fourth-order valence-electron chi connectivity index (χ4n) is 3.20. The monoisotopic (exact) mass is 438 g/mol. The summed E-state index contributed by atoms with van der Waals surface area (Å²) in [6.07, 6.45) is -1.98. The van der Waals surface area contributed by atoms with Gasteiger partial charge < -0.3 is 9.64 Å². The quantitative estimate of drug-likeness (QED) is 0.434. The van der Waals surface area contributed by atoms with Crippen LogP contribution in [0.3, 0.4) is 0 Å². The molecule has 162 valence electrons. The Kier molecular flexibility index (Phi) is 7.72. The fourth-order valence-corrected chi connectivity index (χ4v) is 3.20. The molecule has 0 amide bonds. The summed E-state index contributed by atoms with van der Waals surface area (Å²) in [7, 11) is 2.10. The molecule has 0 N–H and O–H groups in total. The minimum absolute atomic E-state index is 0. The van der Waals surface area contributed by atoms with Gasteiger partial charge in [-0.05, 0) is 80.9 Å². The number of hydrogen-bond donors (Lipinski definition) is 0. The van der Waals surface area contributed by atoms with E-state index in [0.29, 0.717) is 16.9 Å². The van der Waals surface area contributed by atoms with Gasteiger partial charge in [0.2, 0.25) is 0 Å². The molecule has 0 aliphatic heterocycles. The lowest BCUT2D eigenvalue weighted by molar-refractivity contribution is -0.137. The Morgan fingerprint density at radius 2 is 1.73 bits per heavy atom. The van der Waals surface area contributed by atoms with Crippen LogP contribution in [0.1, 0.15) is 29.2 Å². The topological polar surface area (TPSA) is 25.4 Å². The Labute approximate surface area is 181 Å². The van der Waals surface area contributed by atoms with E-state index in [4.69, 9.17) is 4.74 Å². The molecule has 3 aromatic rings. The first-order valence-corrected chi connectivity index (χ1v) is 9.61. The molecular formula is C23H26ClF3N2O. The van der Waals surface area contributed by atoms with Gasteiger partial charge >= 0.3 is 6.18 Å². The molecule has 0 saturated heterocycles. The molecule has 30 heavy (non-hydrogen) atoms. The molecule has 1 aromatic heterocycles. The number of alkyl halides is 3. The molecular weight excluding hydrogens is 413 g/mol. The van der Waals surface area contributed by atoms with Gasteiger partial charge in [0, 0.05) is 18.1 Å². The van der Waals surface area contributed by atoms with E-state index in [1.54, 1.807) is 6.07 Å². The first-order valence-electron chi connectivity index (χ1n) is 9.61. The number of nitrogens with zero attached hydrogens (tertiary/aromatic N) is 2. The number of aromatic nitrogens is 1. The van der Waals surface area contributed by atoms with Crippen LogP contribution in [0.5, 0.6) is 11.5 Å². The van der Waals surface area contributed by atoms with Crippen molar-refractivity contribution in [3.8, 4) is 11.5 Å². The summed E-state index contributed by atoms with van der Waals surface area (Å²) in [5.41, 5.74) is 2.92. The number of benzene rings is 2. The summed E-state index contributed by atoms with van der Waals surface area (Å²) in [4.78, 5) is 6.34. The third-order valence-electron chi connectivity index (χ3n) is 5.19. The highest BCUT2D eigenvalue weighted by Crippen LogP contribution is 2.35. The van der Waals surface area contributed by atoms with Crippen LogP contribution in [0.25, 0.3) is 10.9 Å². The molecule has 0 atom stereocenters. The van der Waals surface area contributed by atoms with Crippen molar-refractivity contribution < 1.29 is 17.9 Å². The first-order chi connectivity index (χ1) is 13.7. The van der Waals surface area contributed by atoms with E-state index < -0.39 is 11.7 Å². The number of aryl methyl sites for hydroxylation is 2. The van der Waals surface area contributed by atoms with Crippen molar-refractivity contribution in [1.29, 1.82) is 0 Å². The Balaban J connectivity index is 0.00000320. The predicted octanol–water partition coefficient (Wildman–Crippen LogP) is 6.58. The Morgan fingerprint density at radius 1 is 1.00 bits per heavy atom. The maximum Gasteiger partial charge on any atom is 0.416 e. The standard InChI is InChI=1S/C23H25F3N2O.ClH/c1-5-28(4)11-9-17-12-16(3)22(13-15(17)2)29-21-8-10-27-20-14-18(23(24,25)26)6-7-19(20)21;/h6-8,10,12-14H,5,9,11H2,1-4H3;1H.